The van der Waals surface area contributed by atoms with E-state index in [2.05, 4.69) is 0 Å². The Balaban J connectivity index is 3.47. The number of hydrogen-bond acceptors (Lipinski definition) is 1. The van der Waals surface area contributed by atoms with Crippen LogP contribution in [0.25, 0.3) is 0 Å². The minimum Gasteiger partial charge on any atom is -0.313 e. The largest absolute Gasteiger partial charge is 0.313 e. The van der Waals surface area contributed by atoms with Gasteiger partial charge in [-0.3, -0.25) is 0 Å². The van der Waals surface area contributed by atoms with E-state index in [-0.39, 0.29) is 0 Å². The molecule has 0 saturated heterocycles. The quantitative estimate of drug-likeness (QED) is 0.435. The van der Waals surface area contributed by atoms with Crippen molar-refractivity contribution in [3.63, 3.8) is 0 Å². The summed E-state index contributed by atoms with van der Waals surface area (Å²) < 4.78 is 10.2. The lowest BCUT2D eigenvalue weighted by atomic mass is 11.9. The predicted octanol–water partition coefficient (Wildman–Crippen LogP) is 1.96. The van der Waals surface area contributed by atoms with Crippen molar-refractivity contribution in [2.24, 2.45) is 0 Å². The summed E-state index contributed by atoms with van der Waals surface area (Å²) in [7, 11) is 0. The second kappa shape index (κ2) is 1.61. The molecule has 0 aromatic rings. The fraction of sp³-hybridized carbons (Fsp3) is 1.00. The van der Waals surface area contributed by atoms with Crippen molar-refractivity contribution < 1.29 is 4.57 Å². The Bertz CT molecular complexity index is 55.8. The van der Waals surface area contributed by atoms with Gasteiger partial charge < -0.3 is 4.57 Å². The Morgan fingerprint density at radius 2 is 1.60 bits per heavy atom. The standard InChI is InChI=1S/C2H6IOP/c1-5(2,3)4/h1-2H3. The van der Waals surface area contributed by atoms with Gasteiger partial charge in [-0.2, -0.15) is 0 Å². The van der Waals surface area contributed by atoms with Gasteiger partial charge in [-0.15, -0.1) is 0 Å². The zero-order valence-corrected chi connectivity index (χ0v) is 6.29. The molecule has 0 aromatic heterocycles. The van der Waals surface area contributed by atoms with Crippen LogP contribution in [0.1, 0.15) is 0 Å². The van der Waals surface area contributed by atoms with Gasteiger partial charge in [0.1, 0.15) is 4.78 Å². The van der Waals surface area contributed by atoms with E-state index in [4.69, 9.17) is 0 Å². The first-order valence-corrected chi connectivity index (χ1v) is 6.63. The highest BCUT2D eigenvalue weighted by Crippen LogP contribution is 2.45. The summed E-state index contributed by atoms with van der Waals surface area (Å²) >= 11 is 1.93. The minimum absolute atomic E-state index is 1.67. The molecule has 0 heterocycles. The maximum Gasteiger partial charge on any atom is 0.137 e. The van der Waals surface area contributed by atoms with E-state index in [1.54, 1.807) is 13.3 Å². The van der Waals surface area contributed by atoms with Crippen molar-refractivity contribution in [3.8, 4) is 0 Å². The molecule has 0 N–H and O–H groups in total. The lowest BCUT2D eigenvalue weighted by Gasteiger charge is -1.83. The number of halogens is 1. The molecule has 1 nitrogen and oxygen atoms in total. The van der Waals surface area contributed by atoms with Crippen molar-refractivity contribution in [1.82, 2.24) is 0 Å². The van der Waals surface area contributed by atoms with E-state index >= 15 is 0 Å². The molecule has 0 fully saturated rings. The smallest absolute Gasteiger partial charge is 0.137 e. The molecule has 0 aliphatic carbocycles. The molecule has 3 heteroatoms. The Hall–Kier alpha value is 0.960. The van der Waals surface area contributed by atoms with Crippen LogP contribution >= 0.6 is 26.8 Å². The van der Waals surface area contributed by atoms with Crippen LogP contribution in [0, 0.1) is 0 Å². The normalized spacial score (nSPS) is 11.8. The van der Waals surface area contributed by atoms with Crippen LogP contribution in [-0.2, 0) is 4.57 Å². The highest BCUT2D eigenvalue weighted by Gasteiger charge is 1.92. The molecule has 0 rings (SSSR count). The molecule has 0 aromatic carbocycles. The topological polar surface area (TPSA) is 17.1 Å². The van der Waals surface area contributed by atoms with Crippen molar-refractivity contribution in [2.45, 2.75) is 0 Å². The molecular formula is C2H6IOP. The first-order valence-electron chi connectivity index (χ1n) is 1.25. The van der Waals surface area contributed by atoms with Gasteiger partial charge in [-0.05, 0) is 35.4 Å². The SMILES string of the molecule is CP(C)(=O)I. The number of rotatable bonds is 0. The summed E-state index contributed by atoms with van der Waals surface area (Å²) in [5.41, 5.74) is 0. The third kappa shape index (κ3) is 47.2. The summed E-state index contributed by atoms with van der Waals surface area (Å²) in [6, 6.07) is 0. The van der Waals surface area contributed by atoms with Crippen molar-refractivity contribution in [3.05, 3.63) is 0 Å². The molecule has 0 bridgehead atoms. The maximum absolute atomic E-state index is 10.2. The summed E-state index contributed by atoms with van der Waals surface area (Å²) in [5, 5.41) is 0. The Labute approximate surface area is 45.0 Å². The number of hydrogen-bond donors (Lipinski definition) is 0. The van der Waals surface area contributed by atoms with Crippen LogP contribution in [0.15, 0.2) is 0 Å². The van der Waals surface area contributed by atoms with E-state index in [1.165, 1.54) is 0 Å². The molecule has 0 radical (unpaired) electrons. The zero-order chi connectivity index (χ0) is 4.50. The maximum atomic E-state index is 10.2. The first-order chi connectivity index (χ1) is 2.00. The van der Waals surface area contributed by atoms with E-state index in [0.29, 0.717) is 0 Å². The van der Waals surface area contributed by atoms with Crippen molar-refractivity contribution in [2.75, 3.05) is 13.3 Å². The molecule has 0 amide bonds. The van der Waals surface area contributed by atoms with Gasteiger partial charge in [0.15, 0.2) is 0 Å². The molecule has 0 spiro atoms. The highest BCUT2D eigenvalue weighted by molar-refractivity contribution is 14.2. The lowest BCUT2D eigenvalue weighted by molar-refractivity contribution is 0.593. The van der Waals surface area contributed by atoms with Gasteiger partial charge in [0.05, 0.1) is 0 Å². The van der Waals surface area contributed by atoms with Crippen LogP contribution in [0.4, 0.5) is 0 Å². The van der Waals surface area contributed by atoms with Crippen LogP contribution in [0.5, 0.6) is 0 Å². The fourth-order valence-corrected chi connectivity index (χ4v) is 0. The van der Waals surface area contributed by atoms with E-state index in [0.717, 1.165) is 0 Å². The van der Waals surface area contributed by atoms with Gasteiger partial charge in [0.25, 0.3) is 0 Å². The monoisotopic (exact) mass is 204 g/mol. The summed E-state index contributed by atoms with van der Waals surface area (Å²) in [5.74, 6) is 0. The van der Waals surface area contributed by atoms with Gasteiger partial charge in [-0.1, -0.05) is 0 Å². The first kappa shape index (κ1) is 5.96. The van der Waals surface area contributed by atoms with Gasteiger partial charge in [0.2, 0.25) is 0 Å². The molecule has 0 atom stereocenters. The average molecular weight is 204 g/mol. The minimum atomic E-state index is -1.67. The van der Waals surface area contributed by atoms with Crippen molar-refractivity contribution >= 4 is 26.8 Å². The summed E-state index contributed by atoms with van der Waals surface area (Å²) in [6.07, 6.45) is 0. The zero-order valence-electron chi connectivity index (χ0n) is 3.23. The molecular weight excluding hydrogens is 198 g/mol. The van der Waals surface area contributed by atoms with Crippen LogP contribution < -0.4 is 0 Å². The van der Waals surface area contributed by atoms with Gasteiger partial charge in [-0.25, -0.2) is 0 Å². The fourth-order valence-electron chi connectivity index (χ4n) is 0. The van der Waals surface area contributed by atoms with Crippen LogP contribution in [0.2, 0.25) is 0 Å². The Kier molecular flexibility index (Phi) is 1.91. The molecule has 5 heavy (non-hydrogen) atoms. The van der Waals surface area contributed by atoms with Gasteiger partial charge >= 0.3 is 0 Å². The Morgan fingerprint density at radius 3 is 1.60 bits per heavy atom. The molecule has 0 saturated carbocycles. The third-order valence-corrected chi connectivity index (χ3v) is 0. The second-order valence-corrected chi connectivity index (χ2v) is 10.6. The highest BCUT2D eigenvalue weighted by atomic mass is 127. The van der Waals surface area contributed by atoms with Crippen LogP contribution in [0.3, 0.4) is 0 Å². The molecule has 0 aliphatic rings. The van der Waals surface area contributed by atoms with Gasteiger partial charge in [0, 0.05) is 0 Å². The lowest BCUT2D eigenvalue weighted by Crippen LogP contribution is -1.48. The molecule has 0 unspecified atom stereocenters. The molecule has 32 valence electrons. The van der Waals surface area contributed by atoms with E-state index < -0.39 is 4.78 Å². The second-order valence-electron chi connectivity index (χ2n) is 1.22. The van der Waals surface area contributed by atoms with Crippen molar-refractivity contribution in [1.29, 1.82) is 0 Å². The summed E-state index contributed by atoms with van der Waals surface area (Å²) in [6.45, 7) is 3.46. The van der Waals surface area contributed by atoms with Crippen LogP contribution in [-0.4, -0.2) is 13.3 Å². The molecule has 0 aliphatic heterocycles. The third-order valence-electron chi connectivity index (χ3n) is 0. The Morgan fingerprint density at radius 1 is 1.60 bits per heavy atom. The van der Waals surface area contributed by atoms with E-state index in [1.807, 2.05) is 22.0 Å². The predicted molar refractivity (Wildman–Crippen MR) is 33.5 cm³/mol. The van der Waals surface area contributed by atoms with E-state index in [9.17, 15) is 4.57 Å². The average Bonchev–Trinajstić information content (AvgIpc) is 0.722. The summed E-state index contributed by atoms with van der Waals surface area (Å²) in [4.78, 5) is -1.67.